The average molecular weight is 508 g/mol. The van der Waals surface area contributed by atoms with Gasteiger partial charge in [0.15, 0.2) is 0 Å². The van der Waals surface area contributed by atoms with Gasteiger partial charge in [-0.1, -0.05) is 30.3 Å². The van der Waals surface area contributed by atoms with E-state index in [0.29, 0.717) is 18.7 Å². The first-order chi connectivity index (χ1) is 17.9. The number of likely N-dealkylation sites (tertiary alicyclic amines) is 1. The summed E-state index contributed by atoms with van der Waals surface area (Å²) in [4.78, 5) is 21.4. The summed E-state index contributed by atoms with van der Waals surface area (Å²) in [5.41, 5.74) is 3.79. The molecule has 7 nitrogen and oxygen atoms in total. The molecule has 0 N–H and O–H groups in total. The van der Waals surface area contributed by atoms with E-state index >= 15 is 0 Å². The van der Waals surface area contributed by atoms with Crippen molar-refractivity contribution in [3.63, 3.8) is 0 Å². The maximum Gasteiger partial charge on any atom is 0.470 e. The quantitative estimate of drug-likeness (QED) is 0.311. The van der Waals surface area contributed by atoms with Gasteiger partial charge in [-0.2, -0.15) is 13.2 Å². The number of pyridine rings is 1. The zero-order chi connectivity index (χ0) is 25.8. The highest BCUT2D eigenvalue weighted by Gasteiger charge is 2.38. The minimum absolute atomic E-state index is 0.0844. The Morgan fingerprint density at radius 2 is 1.68 bits per heavy atom. The molecule has 0 bridgehead atoms. The molecular formula is C27H24F3N5O2. The van der Waals surface area contributed by atoms with Crippen LogP contribution in [-0.2, 0) is 12.7 Å². The van der Waals surface area contributed by atoms with Crippen LogP contribution >= 0.6 is 0 Å². The Kier molecular flexibility index (Phi) is 6.89. The normalized spacial score (nSPS) is 14.0. The van der Waals surface area contributed by atoms with Crippen molar-refractivity contribution in [1.82, 2.24) is 20.1 Å². The summed E-state index contributed by atoms with van der Waals surface area (Å²) in [6.07, 6.45) is 1.82. The summed E-state index contributed by atoms with van der Waals surface area (Å²) in [5, 5.41) is 6.58. The SMILES string of the molecule is O=C(N1CCCCC1)N(Cc1ccc(-c2nnc(C(F)(F)F)o2)cc1)c1cccc(-c2cccnc2)c1. The van der Waals surface area contributed by atoms with E-state index in [-0.39, 0.29) is 18.5 Å². The van der Waals surface area contributed by atoms with Crippen molar-refractivity contribution in [1.29, 1.82) is 0 Å². The number of benzene rings is 2. The number of aromatic nitrogens is 3. The van der Waals surface area contributed by atoms with E-state index in [1.165, 1.54) is 0 Å². The molecule has 2 amide bonds. The lowest BCUT2D eigenvalue weighted by Crippen LogP contribution is -2.45. The van der Waals surface area contributed by atoms with Crippen LogP contribution < -0.4 is 4.90 Å². The Hall–Kier alpha value is -4.21. The van der Waals surface area contributed by atoms with Gasteiger partial charge in [-0.25, -0.2) is 4.79 Å². The number of alkyl halides is 3. The van der Waals surface area contributed by atoms with Crippen LogP contribution in [-0.4, -0.2) is 39.2 Å². The van der Waals surface area contributed by atoms with Gasteiger partial charge >= 0.3 is 18.1 Å². The molecule has 190 valence electrons. The first-order valence-corrected chi connectivity index (χ1v) is 12.0. The van der Waals surface area contributed by atoms with Crippen molar-refractivity contribution in [3.8, 4) is 22.6 Å². The fourth-order valence-corrected chi connectivity index (χ4v) is 4.30. The van der Waals surface area contributed by atoms with Gasteiger partial charge in [0, 0.05) is 42.3 Å². The van der Waals surface area contributed by atoms with Gasteiger partial charge in [-0.15, -0.1) is 10.2 Å². The Labute approximate surface area is 211 Å². The summed E-state index contributed by atoms with van der Waals surface area (Å²) in [6, 6.07) is 18.2. The third kappa shape index (κ3) is 5.63. The van der Waals surface area contributed by atoms with Gasteiger partial charge in [-0.05, 0) is 60.7 Å². The predicted octanol–water partition coefficient (Wildman–Crippen LogP) is 6.43. The van der Waals surface area contributed by atoms with Crippen molar-refractivity contribution >= 4 is 11.7 Å². The summed E-state index contributed by atoms with van der Waals surface area (Å²) >= 11 is 0. The largest absolute Gasteiger partial charge is 0.470 e. The zero-order valence-corrected chi connectivity index (χ0v) is 19.9. The van der Waals surface area contributed by atoms with Crippen LogP contribution in [0.15, 0.2) is 77.5 Å². The molecule has 0 atom stereocenters. The molecule has 0 saturated carbocycles. The number of piperidine rings is 1. The topological polar surface area (TPSA) is 75.4 Å². The van der Waals surface area contributed by atoms with E-state index in [9.17, 15) is 18.0 Å². The van der Waals surface area contributed by atoms with E-state index in [0.717, 1.165) is 41.6 Å². The van der Waals surface area contributed by atoms with E-state index < -0.39 is 12.1 Å². The molecule has 0 spiro atoms. The van der Waals surface area contributed by atoms with Crippen molar-refractivity contribution < 1.29 is 22.4 Å². The van der Waals surface area contributed by atoms with Gasteiger partial charge in [0.25, 0.3) is 0 Å². The number of hydrogen-bond donors (Lipinski definition) is 0. The van der Waals surface area contributed by atoms with Crippen molar-refractivity contribution in [2.75, 3.05) is 18.0 Å². The van der Waals surface area contributed by atoms with Crippen LogP contribution in [0.5, 0.6) is 0 Å². The molecule has 3 heterocycles. The Morgan fingerprint density at radius 3 is 2.35 bits per heavy atom. The molecule has 1 fully saturated rings. The van der Waals surface area contributed by atoms with Crippen LogP contribution in [0.1, 0.15) is 30.7 Å². The van der Waals surface area contributed by atoms with Crippen LogP contribution in [0.25, 0.3) is 22.6 Å². The fourth-order valence-electron chi connectivity index (χ4n) is 4.30. The van der Waals surface area contributed by atoms with Crippen LogP contribution in [0.2, 0.25) is 0 Å². The molecule has 0 aliphatic carbocycles. The number of urea groups is 1. The first kappa shape index (κ1) is 24.5. The van der Waals surface area contributed by atoms with Crippen molar-refractivity contribution in [3.05, 3.63) is 84.5 Å². The molecule has 2 aromatic heterocycles. The lowest BCUT2D eigenvalue weighted by atomic mass is 10.1. The minimum Gasteiger partial charge on any atom is -0.413 e. The number of anilines is 1. The Morgan fingerprint density at radius 1 is 0.919 bits per heavy atom. The Bertz CT molecular complexity index is 1350. The van der Waals surface area contributed by atoms with E-state index in [4.69, 9.17) is 4.42 Å². The van der Waals surface area contributed by atoms with Crippen molar-refractivity contribution in [2.24, 2.45) is 0 Å². The van der Waals surface area contributed by atoms with Gasteiger partial charge in [0.05, 0.1) is 6.54 Å². The van der Waals surface area contributed by atoms with Gasteiger partial charge in [-0.3, -0.25) is 9.88 Å². The molecule has 1 aliphatic heterocycles. The highest BCUT2D eigenvalue weighted by atomic mass is 19.4. The molecule has 0 radical (unpaired) electrons. The molecule has 1 saturated heterocycles. The van der Waals surface area contributed by atoms with Crippen LogP contribution in [0, 0.1) is 0 Å². The molecule has 0 unspecified atom stereocenters. The number of hydrogen-bond acceptors (Lipinski definition) is 5. The lowest BCUT2D eigenvalue weighted by molar-refractivity contribution is -0.156. The summed E-state index contributed by atoms with van der Waals surface area (Å²) < 4.78 is 43.2. The molecule has 4 aromatic rings. The molecule has 1 aliphatic rings. The zero-order valence-electron chi connectivity index (χ0n) is 19.9. The molecule has 10 heteroatoms. The standard InChI is InChI=1S/C27H24F3N5O2/c28-27(29,30)25-33-32-24(37-25)20-11-9-19(10-12-20)18-35(26(36)34-14-2-1-3-15-34)23-8-4-6-21(16-23)22-7-5-13-31-17-22/h4-13,16-17H,1-3,14-15,18H2. The number of carbonyl (C=O) groups excluding carboxylic acids is 1. The molecule has 2 aromatic carbocycles. The number of carbonyl (C=O) groups is 1. The van der Waals surface area contributed by atoms with Gasteiger partial charge < -0.3 is 9.32 Å². The van der Waals surface area contributed by atoms with Gasteiger partial charge in [0.2, 0.25) is 5.89 Å². The van der Waals surface area contributed by atoms with Crippen LogP contribution in [0.4, 0.5) is 23.7 Å². The minimum atomic E-state index is -4.70. The van der Waals surface area contributed by atoms with Gasteiger partial charge in [0.1, 0.15) is 0 Å². The number of halogens is 3. The third-order valence-electron chi connectivity index (χ3n) is 6.22. The second-order valence-electron chi connectivity index (χ2n) is 8.82. The van der Waals surface area contributed by atoms with E-state index in [1.807, 2.05) is 41.3 Å². The highest BCUT2D eigenvalue weighted by Crippen LogP contribution is 2.31. The average Bonchev–Trinajstić information content (AvgIpc) is 3.44. The Balaban J connectivity index is 1.42. The summed E-state index contributed by atoms with van der Waals surface area (Å²) in [6.45, 7) is 1.69. The number of amides is 2. The second-order valence-corrected chi connectivity index (χ2v) is 8.82. The van der Waals surface area contributed by atoms with Crippen molar-refractivity contribution in [2.45, 2.75) is 32.0 Å². The van der Waals surface area contributed by atoms with Crippen LogP contribution in [0.3, 0.4) is 0 Å². The number of rotatable bonds is 5. The third-order valence-corrected chi connectivity index (χ3v) is 6.22. The number of nitrogens with zero attached hydrogens (tertiary/aromatic N) is 5. The second kappa shape index (κ2) is 10.4. The fraction of sp³-hybridized carbons (Fsp3) is 0.259. The predicted molar refractivity (Wildman–Crippen MR) is 131 cm³/mol. The highest BCUT2D eigenvalue weighted by molar-refractivity contribution is 5.93. The van der Waals surface area contributed by atoms with E-state index in [2.05, 4.69) is 15.2 Å². The molecule has 37 heavy (non-hydrogen) atoms. The molecular weight excluding hydrogens is 483 g/mol. The first-order valence-electron chi connectivity index (χ1n) is 12.0. The maximum absolute atomic E-state index is 13.6. The smallest absolute Gasteiger partial charge is 0.413 e. The monoisotopic (exact) mass is 507 g/mol. The summed E-state index contributed by atoms with van der Waals surface area (Å²) in [5.74, 6) is -1.61. The van der Waals surface area contributed by atoms with E-state index in [1.54, 1.807) is 41.6 Å². The lowest BCUT2D eigenvalue weighted by Gasteiger charge is -2.33. The molecule has 5 rings (SSSR count). The summed E-state index contributed by atoms with van der Waals surface area (Å²) in [7, 11) is 0. The maximum atomic E-state index is 13.6.